The standard InChI is InChI=1S/C21H18Cl2N2O4/c22-18-7-15(27-10-17-12-29-17)8-19(23)21(18)25-6-5-20(24-25)13-1-3-14(4-2-13)26-9-16-11-28-16/h1-8,16-17H,9-12H2. The molecular formula is C21H18Cl2N2O4. The minimum atomic E-state index is 0.166. The number of nitrogens with zero attached hydrogens (tertiary/aromatic N) is 2. The van der Waals surface area contributed by atoms with Gasteiger partial charge in [0.05, 0.1) is 29.0 Å². The van der Waals surface area contributed by atoms with Crippen LogP contribution in [0, 0.1) is 0 Å². The Hall–Kier alpha value is -2.25. The number of hydrogen-bond donors (Lipinski definition) is 0. The molecule has 3 aromatic rings. The molecule has 2 atom stereocenters. The second kappa shape index (κ2) is 7.88. The van der Waals surface area contributed by atoms with Crippen molar-refractivity contribution in [2.45, 2.75) is 12.2 Å². The van der Waals surface area contributed by atoms with E-state index in [1.807, 2.05) is 36.5 Å². The molecular weight excluding hydrogens is 415 g/mol. The van der Waals surface area contributed by atoms with Crippen LogP contribution >= 0.6 is 23.2 Å². The first-order chi connectivity index (χ1) is 14.2. The second-order valence-electron chi connectivity index (χ2n) is 6.94. The summed E-state index contributed by atoms with van der Waals surface area (Å²) in [5.41, 5.74) is 2.38. The molecule has 2 aliphatic rings. The summed E-state index contributed by atoms with van der Waals surface area (Å²) in [5.74, 6) is 1.42. The van der Waals surface area contributed by atoms with Crippen molar-refractivity contribution >= 4 is 23.2 Å². The van der Waals surface area contributed by atoms with Gasteiger partial charge in [-0.15, -0.1) is 0 Å². The van der Waals surface area contributed by atoms with Gasteiger partial charge in [0.15, 0.2) is 0 Å². The number of rotatable bonds is 8. The zero-order valence-corrected chi connectivity index (χ0v) is 16.9. The number of halogens is 2. The van der Waals surface area contributed by atoms with E-state index in [0.717, 1.165) is 30.2 Å². The molecule has 150 valence electrons. The SMILES string of the molecule is Clc1cc(OCC2CO2)cc(Cl)c1-n1ccc(-c2ccc(OCC3CO3)cc2)n1. The Morgan fingerprint density at radius 2 is 1.48 bits per heavy atom. The molecule has 0 N–H and O–H groups in total. The highest BCUT2D eigenvalue weighted by atomic mass is 35.5. The first kappa shape index (κ1) is 18.8. The van der Waals surface area contributed by atoms with E-state index >= 15 is 0 Å². The first-order valence-electron chi connectivity index (χ1n) is 9.30. The van der Waals surface area contributed by atoms with Gasteiger partial charge in [0.2, 0.25) is 0 Å². The van der Waals surface area contributed by atoms with Gasteiger partial charge >= 0.3 is 0 Å². The molecule has 6 nitrogen and oxygen atoms in total. The van der Waals surface area contributed by atoms with E-state index in [-0.39, 0.29) is 12.2 Å². The van der Waals surface area contributed by atoms with Crippen molar-refractivity contribution in [3.8, 4) is 28.4 Å². The normalized spacial score (nSPS) is 19.8. The van der Waals surface area contributed by atoms with Gasteiger partial charge in [0.25, 0.3) is 0 Å². The van der Waals surface area contributed by atoms with Crippen molar-refractivity contribution in [3.63, 3.8) is 0 Å². The van der Waals surface area contributed by atoms with Gasteiger partial charge in [0.1, 0.15) is 42.6 Å². The monoisotopic (exact) mass is 432 g/mol. The van der Waals surface area contributed by atoms with Crippen molar-refractivity contribution in [1.29, 1.82) is 0 Å². The zero-order valence-electron chi connectivity index (χ0n) is 15.4. The Bertz CT molecular complexity index is 991. The van der Waals surface area contributed by atoms with Crippen LogP contribution in [-0.2, 0) is 9.47 Å². The van der Waals surface area contributed by atoms with Crippen molar-refractivity contribution in [1.82, 2.24) is 9.78 Å². The summed E-state index contributed by atoms with van der Waals surface area (Å²) < 4.78 is 23.3. The topological polar surface area (TPSA) is 61.3 Å². The third-order valence-corrected chi connectivity index (χ3v) is 5.21. The summed E-state index contributed by atoms with van der Waals surface area (Å²) >= 11 is 12.9. The minimum Gasteiger partial charge on any atom is -0.491 e. The van der Waals surface area contributed by atoms with Gasteiger partial charge in [-0.25, -0.2) is 4.68 Å². The number of ether oxygens (including phenoxy) is 4. The Labute approximate surface area is 177 Å². The third kappa shape index (κ3) is 4.51. The molecule has 2 unspecified atom stereocenters. The molecule has 8 heteroatoms. The summed E-state index contributed by atoms with van der Waals surface area (Å²) in [4.78, 5) is 0. The molecule has 0 amide bonds. The fourth-order valence-electron chi connectivity index (χ4n) is 2.88. The Morgan fingerprint density at radius 3 is 2.07 bits per heavy atom. The molecule has 0 bridgehead atoms. The lowest BCUT2D eigenvalue weighted by molar-refractivity contribution is 0.263. The third-order valence-electron chi connectivity index (χ3n) is 4.64. The molecule has 2 saturated heterocycles. The maximum Gasteiger partial charge on any atom is 0.122 e. The van der Waals surface area contributed by atoms with Crippen LogP contribution in [0.4, 0.5) is 0 Å². The van der Waals surface area contributed by atoms with Crippen molar-refractivity contribution < 1.29 is 18.9 Å². The Morgan fingerprint density at radius 1 is 0.897 bits per heavy atom. The van der Waals surface area contributed by atoms with Crippen LogP contribution in [0.2, 0.25) is 10.0 Å². The van der Waals surface area contributed by atoms with Gasteiger partial charge in [-0.3, -0.25) is 0 Å². The maximum absolute atomic E-state index is 6.46. The number of aromatic nitrogens is 2. The van der Waals surface area contributed by atoms with E-state index in [1.54, 1.807) is 16.8 Å². The van der Waals surface area contributed by atoms with E-state index in [0.29, 0.717) is 34.7 Å². The van der Waals surface area contributed by atoms with E-state index in [1.165, 1.54) is 0 Å². The fourth-order valence-corrected chi connectivity index (χ4v) is 3.52. The van der Waals surface area contributed by atoms with E-state index in [9.17, 15) is 0 Å². The van der Waals surface area contributed by atoms with Gasteiger partial charge in [-0.1, -0.05) is 23.2 Å². The highest BCUT2D eigenvalue weighted by Crippen LogP contribution is 2.34. The van der Waals surface area contributed by atoms with Gasteiger partial charge in [-0.2, -0.15) is 5.10 Å². The predicted molar refractivity (Wildman–Crippen MR) is 109 cm³/mol. The van der Waals surface area contributed by atoms with Crippen LogP contribution in [0.3, 0.4) is 0 Å². The number of hydrogen-bond acceptors (Lipinski definition) is 5. The molecule has 2 fully saturated rings. The van der Waals surface area contributed by atoms with Crippen LogP contribution < -0.4 is 9.47 Å². The molecule has 5 rings (SSSR count). The second-order valence-corrected chi connectivity index (χ2v) is 7.75. The quantitative estimate of drug-likeness (QED) is 0.493. The molecule has 1 aromatic heterocycles. The van der Waals surface area contributed by atoms with Crippen LogP contribution in [0.15, 0.2) is 48.7 Å². The summed E-state index contributed by atoms with van der Waals surface area (Å²) in [5, 5.41) is 5.55. The smallest absolute Gasteiger partial charge is 0.122 e. The summed E-state index contributed by atoms with van der Waals surface area (Å²) in [6, 6.07) is 13.2. The molecule has 2 aliphatic heterocycles. The molecule has 0 aliphatic carbocycles. The summed E-state index contributed by atoms with van der Waals surface area (Å²) in [6.07, 6.45) is 2.23. The highest BCUT2D eigenvalue weighted by Gasteiger charge is 2.24. The van der Waals surface area contributed by atoms with Crippen LogP contribution in [0.1, 0.15) is 0 Å². The predicted octanol–water partition coefficient (Wildman–Crippen LogP) is 4.40. The van der Waals surface area contributed by atoms with Crippen LogP contribution in [0.25, 0.3) is 16.9 Å². The van der Waals surface area contributed by atoms with E-state index in [2.05, 4.69) is 5.10 Å². The van der Waals surface area contributed by atoms with Crippen molar-refractivity contribution in [3.05, 3.63) is 58.7 Å². The highest BCUT2D eigenvalue weighted by molar-refractivity contribution is 6.38. The fraction of sp³-hybridized carbons (Fsp3) is 0.286. The number of epoxide rings is 2. The zero-order chi connectivity index (χ0) is 19.8. The molecule has 29 heavy (non-hydrogen) atoms. The molecule has 0 radical (unpaired) electrons. The summed E-state index contributed by atoms with van der Waals surface area (Å²) in [6.45, 7) is 2.59. The molecule has 0 saturated carbocycles. The van der Waals surface area contributed by atoms with Gasteiger partial charge in [0, 0.05) is 23.9 Å². The van der Waals surface area contributed by atoms with Crippen molar-refractivity contribution in [2.24, 2.45) is 0 Å². The lowest BCUT2D eigenvalue weighted by Gasteiger charge is -2.11. The van der Waals surface area contributed by atoms with Crippen molar-refractivity contribution in [2.75, 3.05) is 26.4 Å². The van der Waals surface area contributed by atoms with Crippen LogP contribution in [-0.4, -0.2) is 48.4 Å². The molecule has 0 spiro atoms. The summed E-state index contributed by atoms with van der Waals surface area (Å²) in [7, 11) is 0. The average molecular weight is 433 g/mol. The average Bonchev–Trinajstić information content (AvgIpc) is 3.64. The van der Waals surface area contributed by atoms with Gasteiger partial charge < -0.3 is 18.9 Å². The minimum absolute atomic E-state index is 0.166. The molecule has 3 heterocycles. The van der Waals surface area contributed by atoms with Gasteiger partial charge in [-0.05, 0) is 30.3 Å². The van der Waals surface area contributed by atoms with E-state index in [4.69, 9.17) is 42.1 Å². The maximum atomic E-state index is 6.46. The Balaban J connectivity index is 1.32. The largest absolute Gasteiger partial charge is 0.491 e. The lowest BCUT2D eigenvalue weighted by atomic mass is 10.1. The Kier molecular flexibility index (Phi) is 5.09. The number of benzene rings is 2. The first-order valence-corrected chi connectivity index (χ1v) is 10.1. The van der Waals surface area contributed by atoms with Crippen LogP contribution in [0.5, 0.6) is 11.5 Å². The van der Waals surface area contributed by atoms with E-state index < -0.39 is 0 Å². The molecule has 2 aromatic carbocycles. The lowest BCUT2D eigenvalue weighted by Crippen LogP contribution is -2.05.